The van der Waals surface area contributed by atoms with Crippen LogP contribution in [0.3, 0.4) is 0 Å². The van der Waals surface area contributed by atoms with Gasteiger partial charge < -0.3 is 9.84 Å². The van der Waals surface area contributed by atoms with E-state index in [-0.39, 0.29) is 5.91 Å². The van der Waals surface area contributed by atoms with Gasteiger partial charge in [0.1, 0.15) is 0 Å². The van der Waals surface area contributed by atoms with Gasteiger partial charge in [-0.15, -0.1) is 0 Å². The predicted octanol–water partition coefficient (Wildman–Crippen LogP) is 4.33. The first-order valence-corrected chi connectivity index (χ1v) is 8.61. The second kappa shape index (κ2) is 7.66. The molecule has 0 atom stereocenters. The highest BCUT2D eigenvalue weighted by Crippen LogP contribution is 2.22. The lowest BCUT2D eigenvalue weighted by Crippen LogP contribution is -2.22. The maximum Gasteiger partial charge on any atom is 0.258 e. The van der Waals surface area contributed by atoms with Crippen LogP contribution >= 0.6 is 0 Å². The van der Waals surface area contributed by atoms with E-state index in [0.717, 1.165) is 11.1 Å². The van der Waals surface area contributed by atoms with Crippen LogP contribution in [0.15, 0.2) is 89.5 Å². The molecule has 3 aromatic carbocycles. The van der Waals surface area contributed by atoms with Crippen LogP contribution in [0, 0.1) is 0 Å². The normalized spacial score (nSPS) is 10.5. The highest BCUT2D eigenvalue weighted by molar-refractivity contribution is 5.95. The number of hydrogen-bond acceptors (Lipinski definition) is 4. The van der Waals surface area contributed by atoms with Crippen molar-refractivity contribution in [3.63, 3.8) is 0 Å². The maximum atomic E-state index is 12.5. The number of nitrogens with zero attached hydrogens (tertiary/aromatic N) is 2. The number of benzene rings is 3. The molecule has 0 aliphatic carbocycles. The molecule has 4 rings (SSSR count). The molecule has 0 fully saturated rings. The molecule has 0 aliphatic rings. The highest BCUT2D eigenvalue weighted by Gasteiger charge is 2.13. The number of amides is 1. The summed E-state index contributed by atoms with van der Waals surface area (Å²) >= 11 is 0. The molecule has 132 valence electrons. The van der Waals surface area contributed by atoms with Gasteiger partial charge in [-0.2, -0.15) is 4.98 Å². The van der Waals surface area contributed by atoms with Gasteiger partial charge in [0.25, 0.3) is 11.8 Å². The number of aromatic nitrogens is 2. The van der Waals surface area contributed by atoms with Gasteiger partial charge in [0.15, 0.2) is 0 Å². The van der Waals surface area contributed by atoms with E-state index in [1.54, 1.807) is 18.2 Å². The largest absolute Gasteiger partial charge is 0.348 e. The van der Waals surface area contributed by atoms with E-state index in [9.17, 15) is 4.79 Å². The Balaban J connectivity index is 1.51. The standard InChI is InChI=1S/C22H17N3O2/c26-21(23-15-16-8-3-1-4-9-16)18-12-7-13-19(14-18)22-24-20(25-27-22)17-10-5-2-6-11-17/h1-14H,15H2,(H,23,26). The molecule has 1 amide bonds. The van der Waals surface area contributed by atoms with E-state index in [0.29, 0.717) is 29.4 Å². The van der Waals surface area contributed by atoms with Gasteiger partial charge in [-0.25, -0.2) is 0 Å². The molecular weight excluding hydrogens is 338 g/mol. The Kier molecular flexibility index (Phi) is 4.74. The monoisotopic (exact) mass is 355 g/mol. The average Bonchev–Trinajstić information content (AvgIpc) is 3.24. The summed E-state index contributed by atoms with van der Waals surface area (Å²) in [4.78, 5) is 16.9. The van der Waals surface area contributed by atoms with Gasteiger partial charge >= 0.3 is 0 Å². The predicted molar refractivity (Wildman–Crippen MR) is 103 cm³/mol. The second-order valence-corrected chi connectivity index (χ2v) is 6.04. The van der Waals surface area contributed by atoms with Crippen molar-refractivity contribution >= 4 is 5.91 Å². The molecule has 0 radical (unpaired) electrons. The average molecular weight is 355 g/mol. The molecule has 5 heteroatoms. The van der Waals surface area contributed by atoms with Crippen molar-refractivity contribution in [1.82, 2.24) is 15.5 Å². The molecule has 0 saturated carbocycles. The number of carbonyl (C=O) groups excluding carboxylic acids is 1. The van der Waals surface area contributed by atoms with Crippen molar-refractivity contribution in [1.29, 1.82) is 0 Å². The van der Waals surface area contributed by atoms with Crippen LogP contribution < -0.4 is 5.32 Å². The smallest absolute Gasteiger partial charge is 0.258 e. The topological polar surface area (TPSA) is 68.0 Å². The number of hydrogen-bond donors (Lipinski definition) is 1. The minimum absolute atomic E-state index is 0.150. The lowest BCUT2D eigenvalue weighted by molar-refractivity contribution is 0.0951. The Morgan fingerprint density at radius 2 is 1.56 bits per heavy atom. The van der Waals surface area contributed by atoms with Crippen LogP contribution in [0.1, 0.15) is 15.9 Å². The maximum absolute atomic E-state index is 12.5. The summed E-state index contributed by atoms with van der Waals surface area (Å²) in [7, 11) is 0. The molecule has 1 heterocycles. The van der Waals surface area contributed by atoms with E-state index in [1.807, 2.05) is 66.7 Å². The quantitative estimate of drug-likeness (QED) is 0.578. The summed E-state index contributed by atoms with van der Waals surface area (Å²) in [6.45, 7) is 0.475. The summed E-state index contributed by atoms with van der Waals surface area (Å²) in [6, 6.07) is 26.6. The van der Waals surface area contributed by atoms with E-state index in [1.165, 1.54) is 0 Å². The van der Waals surface area contributed by atoms with Crippen molar-refractivity contribution in [2.24, 2.45) is 0 Å². The summed E-state index contributed by atoms with van der Waals surface area (Å²) in [5.41, 5.74) is 3.18. The minimum atomic E-state index is -0.150. The summed E-state index contributed by atoms with van der Waals surface area (Å²) < 4.78 is 5.38. The Hall–Kier alpha value is -3.73. The molecule has 1 N–H and O–H groups in total. The molecule has 0 unspecified atom stereocenters. The number of carbonyl (C=O) groups is 1. The van der Waals surface area contributed by atoms with E-state index in [4.69, 9.17) is 4.52 Å². The first-order chi connectivity index (χ1) is 13.3. The van der Waals surface area contributed by atoms with E-state index in [2.05, 4.69) is 15.5 Å². The zero-order valence-corrected chi connectivity index (χ0v) is 14.5. The van der Waals surface area contributed by atoms with E-state index < -0.39 is 0 Å². The third-order valence-corrected chi connectivity index (χ3v) is 4.13. The van der Waals surface area contributed by atoms with Crippen molar-refractivity contribution in [2.75, 3.05) is 0 Å². The van der Waals surface area contributed by atoms with Gasteiger partial charge in [0.2, 0.25) is 5.82 Å². The van der Waals surface area contributed by atoms with Crippen molar-refractivity contribution in [3.8, 4) is 22.8 Å². The molecular formula is C22H17N3O2. The lowest BCUT2D eigenvalue weighted by atomic mass is 10.1. The Morgan fingerprint density at radius 3 is 2.33 bits per heavy atom. The number of rotatable bonds is 5. The Bertz CT molecular complexity index is 1040. The van der Waals surface area contributed by atoms with Crippen molar-refractivity contribution in [3.05, 3.63) is 96.1 Å². The van der Waals surface area contributed by atoms with Crippen LogP contribution in [0.4, 0.5) is 0 Å². The van der Waals surface area contributed by atoms with Gasteiger partial charge in [0.05, 0.1) is 0 Å². The van der Waals surface area contributed by atoms with Crippen LogP contribution in [0.2, 0.25) is 0 Å². The molecule has 0 spiro atoms. The third-order valence-electron chi connectivity index (χ3n) is 4.13. The van der Waals surface area contributed by atoms with Gasteiger partial charge in [-0.1, -0.05) is 71.9 Å². The summed E-state index contributed by atoms with van der Waals surface area (Å²) in [5, 5.41) is 6.95. The Morgan fingerprint density at radius 1 is 0.852 bits per heavy atom. The molecule has 1 aromatic heterocycles. The SMILES string of the molecule is O=C(NCc1ccccc1)c1cccc(-c2nc(-c3ccccc3)no2)c1. The summed E-state index contributed by atoms with van der Waals surface area (Å²) in [6.07, 6.45) is 0. The van der Waals surface area contributed by atoms with Crippen LogP contribution in [0.25, 0.3) is 22.8 Å². The van der Waals surface area contributed by atoms with Gasteiger partial charge in [0, 0.05) is 23.2 Å². The zero-order chi connectivity index (χ0) is 18.5. The fourth-order valence-electron chi connectivity index (χ4n) is 2.72. The van der Waals surface area contributed by atoms with Crippen LogP contribution in [0.5, 0.6) is 0 Å². The molecule has 5 nitrogen and oxygen atoms in total. The first kappa shape index (κ1) is 16.7. The minimum Gasteiger partial charge on any atom is -0.348 e. The Labute approximate surface area is 156 Å². The molecule has 27 heavy (non-hydrogen) atoms. The highest BCUT2D eigenvalue weighted by atomic mass is 16.5. The number of nitrogens with one attached hydrogen (secondary N) is 1. The van der Waals surface area contributed by atoms with Crippen molar-refractivity contribution in [2.45, 2.75) is 6.54 Å². The second-order valence-electron chi connectivity index (χ2n) is 6.04. The molecule has 0 bridgehead atoms. The third kappa shape index (κ3) is 3.93. The molecule has 0 aliphatic heterocycles. The molecule has 0 saturated heterocycles. The van der Waals surface area contributed by atoms with Crippen molar-refractivity contribution < 1.29 is 9.32 Å². The fourth-order valence-corrected chi connectivity index (χ4v) is 2.72. The van der Waals surface area contributed by atoms with Gasteiger partial charge in [-0.05, 0) is 23.8 Å². The zero-order valence-electron chi connectivity index (χ0n) is 14.5. The van der Waals surface area contributed by atoms with Gasteiger partial charge in [-0.3, -0.25) is 4.79 Å². The lowest BCUT2D eigenvalue weighted by Gasteiger charge is -2.06. The van der Waals surface area contributed by atoms with E-state index >= 15 is 0 Å². The van der Waals surface area contributed by atoms with Crippen LogP contribution in [-0.4, -0.2) is 16.0 Å². The fraction of sp³-hybridized carbons (Fsp3) is 0.0455. The summed E-state index contributed by atoms with van der Waals surface area (Å²) in [5.74, 6) is 0.750. The van der Waals surface area contributed by atoms with Crippen LogP contribution in [-0.2, 0) is 6.54 Å². The first-order valence-electron chi connectivity index (χ1n) is 8.61. The molecule has 4 aromatic rings.